The Hall–Kier alpha value is -2.31. The molecule has 118 valence electrons. The fourth-order valence-electron chi connectivity index (χ4n) is 2.73. The molecule has 2 aromatic carbocycles. The van der Waals surface area contributed by atoms with Crippen LogP contribution in [0.15, 0.2) is 54.6 Å². The van der Waals surface area contributed by atoms with Gasteiger partial charge >= 0.3 is 0 Å². The van der Waals surface area contributed by atoms with Gasteiger partial charge in [-0.3, -0.25) is 4.90 Å². The molecule has 0 radical (unpaired) electrons. The minimum Gasteiger partial charge on any atom is -0.494 e. The van der Waals surface area contributed by atoms with Crippen molar-refractivity contribution in [2.45, 2.75) is 31.8 Å². The molecule has 3 rings (SSSR count). The van der Waals surface area contributed by atoms with E-state index in [1.807, 2.05) is 12.1 Å². The van der Waals surface area contributed by atoms with Crippen molar-refractivity contribution in [3.8, 4) is 11.8 Å². The molecule has 0 atom stereocenters. The van der Waals surface area contributed by atoms with Gasteiger partial charge in [-0.2, -0.15) is 5.26 Å². The first-order valence-electron chi connectivity index (χ1n) is 8.26. The van der Waals surface area contributed by atoms with Crippen LogP contribution in [0.2, 0.25) is 0 Å². The third-order valence-corrected chi connectivity index (χ3v) is 4.13. The van der Waals surface area contributed by atoms with Crippen molar-refractivity contribution in [2.75, 3.05) is 13.2 Å². The van der Waals surface area contributed by atoms with E-state index in [2.05, 4.69) is 41.3 Å². The fourth-order valence-corrected chi connectivity index (χ4v) is 2.73. The summed E-state index contributed by atoms with van der Waals surface area (Å²) in [5.41, 5.74) is 2.05. The number of nitrogens with zero attached hydrogens (tertiary/aromatic N) is 2. The topological polar surface area (TPSA) is 36.3 Å². The van der Waals surface area contributed by atoms with Crippen LogP contribution in [0, 0.1) is 11.3 Å². The maximum atomic E-state index is 8.79. The molecule has 3 heteroatoms. The van der Waals surface area contributed by atoms with Crippen molar-refractivity contribution in [1.82, 2.24) is 4.90 Å². The zero-order valence-electron chi connectivity index (χ0n) is 13.3. The van der Waals surface area contributed by atoms with Crippen molar-refractivity contribution in [1.29, 1.82) is 5.26 Å². The van der Waals surface area contributed by atoms with Crippen LogP contribution in [0.4, 0.5) is 0 Å². The van der Waals surface area contributed by atoms with Gasteiger partial charge in [0, 0.05) is 19.1 Å². The van der Waals surface area contributed by atoms with E-state index in [0.29, 0.717) is 12.2 Å². The van der Waals surface area contributed by atoms with E-state index < -0.39 is 0 Å². The summed E-state index contributed by atoms with van der Waals surface area (Å²) in [5, 5.41) is 8.79. The first-order chi connectivity index (χ1) is 11.3. The number of rotatable bonds is 8. The Morgan fingerprint density at radius 2 is 1.78 bits per heavy atom. The molecule has 23 heavy (non-hydrogen) atoms. The molecule has 1 aliphatic carbocycles. The number of benzene rings is 2. The van der Waals surface area contributed by atoms with Crippen LogP contribution in [-0.4, -0.2) is 24.1 Å². The Kier molecular flexibility index (Phi) is 5.29. The molecule has 0 saturated heterocycles. The molecule has 0 unspecified atom stereocenters. The fraction of sp³-hybridized carbons (Fsp3) is 0.350. The number of hydrogen-bond acceptors (Lipinski definition) is 3. The minimum absolute atomic E-state index is 0.667. The number of ether oxygens (including phenoxy) is 1. The lowest BCUT2D eigenvalue weighted by molar-refractivity contribution is 0.220. The summed E-state index contributed by atoms with van der Waals surface area (Å²) in [6.45, 7) is 2.81. The summed E-state index contributed by atoms with van der Waals surface area (Å²) in [7, 11) is 0. The van der Waals surface area contributed by atoms with Gasteiger partial charge in [0.05, 0.1) is 18.2 Å². The van der Waals surface area contributed by atoms with E-state index in [-0.39, 0.29) is 0 Å². The number of hydrogen-bond donors (Lipinski definition) is 0. The third-order valence-electron chi connectivity index (χ3n) is 4.13. The zero-order chi connectivity index (χ0) is 15.9. The molecule has 1 saturated carbocycles. The maximum absolute atomic E-state index is 8.79. The lowest BCUT2D eigenvalue weighted by Gasteiger charge is -2.22. The van der Waals surface area contributed by atoms with E-state index >= 15 is 0 Å². The highest BCUT2D eigenvalue weighted by Gasteiger charge is 2.28. The standard InChI is InChI=1S/C20H22N2O/c21-15-17-7-11-20(12-8-17)23-14-4-13-22(19-9-10-19)16-18-5-2-1-3-6-18/h1-3,5-8,11-12,19H,4,9-10,13-14,16H2. The van der Waals surface area contributed by atoms with Crippen LogP contribution in [0.5, 0.6) is 5.75 Å². The van der Waals surface area contributed by atoms with Crippen LogP contribution >= 0.6 is 0 Å². The monoisotopic (exact) mass is 306 g/mol. The minimum atomic E-state index is 0.667. The van der Waals surface area contributed by atoms with Gasteiger partial charge in [0.15, 0.2) is 0 Å². The summed E-state index contributed by atoms with van der Waals surface area (Å²) in [6.07, 6.45) is 3.66. The second kappa shape index (κ2) is 7.80. The van der Waals surface area contributed by atoms with Crippen molar-refractivity contribution < 1.29 is 4.74 Å². The summed E-state index contributed by atoms with van der Waals surface area (Å²) in [4.78, 5) is 2.57. The SMILES string of the molecule is N#Cc1ccc(OCCCN(Cc2ccccc2)C2CC2)cc1. The third kappa shape index (κ3) is 4.84. The second-order valence-electron chi connectivity index (χ2n) is 6.03. The van der Waals surface area contributed by atoms with Gasteiger partial charge in [-0.05, 0) is 49.1 Å². The molecule has 0 spiro atoms. The van der Waals surface area contributed by atoms with Crippen LogP contribution in [-0.2, 0) is 6.54 Å². The van der Waals surface area contributed by atoms with Gasteiger partial charge in [0.1, 0.15) is 5.75 Å². The van der Waals surface area contributed by atoms with Gasteiger partial charge in [-0.1, -0.05) is 30.3 Å². The van der Waals surface area contributed by atoms with E-state index in [4.69, 9.17) is 10.00 Å². The van der Waals surface area contributed by atoms with Crippen LogP contribution in [0.1, 0.15) is 30.4 Å². The molecule has 0 aliphatic heterocycles. The average molecular weight is 306 g/mol. The predicted molar refractivity (Wildman–Crippen MR) is 91.1 cm³/mol. The molecule has 1 fully saturated rings. The Balaban J connectivity index is 1.43. The van der Waals surface area contributed by atoms with Gasteiger partial charge in [-0.25, -0.2) is 0 Å². The van der Waals surface area contributed by atoms with Crippen LogP contribution < -0.4 is 4.74 Å². The lowest BCUT2D eigenvalue weighted by Crippen LogP contribution is -2.27. The van der Waals surface area contributed by atoms with Gasteiger partial charge < -0.3 is 4.74 Å². The Bertz CT molecular complexity index is 642. The van der Waals surface area contributed by atoms with Crippen molar-refractivity contribution in [2.24, 2.45) is 0 Å². The molecule has 2 aromatic rings. The molecule has 0 heterocycles. The smallest absolute Gasteiger partial charge is 0.119 e. The summed E-state index contributed by atoms with van der Waals surface area (Å²) in [6, 6.07) is 20.9. The van der Waals surface area contributed by atoms with E-state index in [1.54, 1.807) is 12.1 Å². The predicted octanol–water partition coefficient (Wildman–Crippen LogP) is 3.99. The van der Waals surface area contributed by atoms with Crippen LogP contribution in [0.3, 0.4) is 0 Å². The Morgan fingerprint density at radius 3 is 2.43 bits per heavy atom. The second-order valence-corrected chi connectivity index (χ2v) is 6.03. The molecule has 1 aliphatic rings. The normalized spacial score (nSPS) is 13.7. The molecular formula is C20H22N2O. The first kappa shape index (κ1) is 15.6. The Morgan fingerprint density at radius 1 is 1.04 bits per heavy atom. The van der Waals surface area contributed by atoms with E-state index in [0.717, 1.165) is 31.3 Å². The number of nitriles is 1. The molecular weight excluding hydrogens is 284 g/mol. The average Bonchev–Trinajstić information content (AvgIpc) is 3.44. The van der Waals surface area contributed by atoms with E-state index in [9.17, 15) is 0 Å². The van der Waals surface area contributed by atoms with Gasteiger partial charge in [0.2, 0.25) is 0 Å². The van der Waals surface area contributed by atoms with E-state index in [1.165, 1.54) is 18.4 Å². The highest BCUT2D eigenvalue weighted by atomic mass is 16.5. The molecule has 3 nitrogen and oxygen atoms in total. The summed E-state index contributed by atoms with van der Waals surface area (Å²) >= 11 is 0. The van der Waals surface area contributed by atoms with Crippen molar-refractivity contribution in [3.05, 3.63) is 65.7 Å². The maximum Gasteiger partial charge on any atom is 0.119 e. The first-order valence-corrected chi connectivity index (χ1v) is 8.26. The lowest BCUT2D eigenvalue weighted by atomic mass is 10.2. The molecule has 0 N–H and O–H groups in total. The molecule has 0 bridgehead atoms. The van der Waals surface area contributed by atoms with Crippen LogP contribution in [0.25, 0.3) is 0 Å². The molecule has 0 amide bonds. The van der Waals surface area contributed by atoms with Crippen molar-refractivity contribution in [3.63, 3.8) is 0 Å². The highest BCUT2D eigenvalue weighted by Crippen LogP contribution is 2.28. The van der Waals surface area contributed by atoms with Gasteiger partial charge in [0.25, 0.3) is 0 Å². The highest BCUT2D eigenvalue weighted by molar-refractivity contribution is 5.34. The summed E-state index contributed by atoms with van der Waals surface area (Å²) in [5.74, 6) is 0.838. The molecule has 0 aromatic heterocycles. The quantitative estimate of drug-likeness (QED) is 0.692. The van der Waals surface area contributed by atoms with Gasteiger partial charge in [-0.15, -0.1) is 0 Å². The Labute approximate surface area is 138 Å². The zero-order valence-corrected chi connectivity index (χ0v) is 13.3. The largest absolute Gasteiger partial charge is 0.494 e. The summed E-state index contributed by atoms with van der Waals surface area (Å²) < 4.78 is 5.77. The van der Waals surface area contributed by atoms with Crippen molar-refractivity contribution >= 4 is 0 Å².